The van der Waals surface area contributed by atoms with E-state index in [-0.39, 0.29) is 0 Å². The number of hydrogen-bond acceptors (Lipinski definition) is 3. The van der Waals surface area contributed by atoms with Gasteiger partial charge in [0.2, 0.25) is 0 Å². The summed E-state index contributed by atoms with van der Waals surface area (Å²) in [4.78, 5) is 0. The van der Waals surface area contributed by atoms with Crippen molar-refractivity contribution in [2.45, 2.75) is 20.4 Å². The molecule has 0 heterocycles. The standard InChI is InChI=1S/C14H23NO2/c1-12-4-5-13(2)14(10-12)11-15-6-7-17-9-8-16-3/h4-5,10,15H,6-9,11H2,1-3H3. The first-order chi connectivity index (χ1) is 8.24. The zero-order valence-corrected chi connectivity index (χ0v) is 11.1. The molecule has 96 valence electrons. The second kappa shape index (κ2) is 8.23. The first-order valence-electron chi connectivity index (χ1n) is 6.07. The Morgan fingerprint density at radius 3 is 2.71 bits per heavy atom. The van der Waals surface area contributed by atoms with E-state index in [0.717, 1.165) is 19.7 Å². The fraction of sp³-hybridized carbons (Fsp3) is 0.571. The molecule has 0 radical (unpaired) electrons. The first kappa shape index (κ1) is 14.2. The predicted octanol–water partition coefficient (Wildman–Crippen LogP) is 2.06. The van der Waals surface area contributed by atoms with Gasteiger partial charge in [0.25, 0.3) is 0 Å². The van der Waals surface area contributed by atoms with Gasteiger partial charge in [-0.15, -0.1) is 0 Å². The summed E-state index contributed by atoms with van der Waals surface area (Å²) in [5.74, 6) is 0. The van der Waals surface area contributed by atoms with E-state index in [4.69, 9.17) is 9.47 Å². The van der Waals surface area contributed by atoms with Crippen molar-refractivity contribution >= 4 is 0 Å². The minimum absolute atomic E-state index is 0.664. The van der Waals surface area contributed by atoms with Gasteiger partial charge < -0.3 is 14.8 Å². The Bertz CT molecular complexity index is 326. The van der Waals surface area contributed by atoms with Crippen LogP contribution in [0.2, 0.25) is 0 Å². The fourth-order valence-electron chi connectivity index (χ4n) is 1.60. The lowest BCUT2D eigenvalue weighted by atomic mass is 10.1. The lowest BCUT2D eigenvalue weighted by Gasteiger charge is -2.09. The van der Waals surface area contributed by atoms with Crippen molar-refractivity contribution in [3.63, 3.8) is 0 Å². The smallest absolute Gasteiger partial charge is 0.0700 e. The molecule has 0 atom stereocenters. The van der Waals surface area contributed by atoms with Crippen LogP contribution in [0.25, 0.3) is 0 Å². The molecule has 0 aliphatic heterocycles. The molecule has 3 heteroatoms. The van der Waals surface area contributed by atoms with Crippen LogP contribution in [-0.2, 0) is 16.0 Å². The molecular formula is C14H23NO2. The van der Waals surface area contributed by atoms with Crippen molar-refractivity contribution < 1.29 is 9.47 Å². The van der Waals surface area contributed by atoms with E-state index in [2.05, 4.69) is 37.4 Å². The summed E-state index contributed by atoms with van der Waals surface area (Å²) in [5, 5.41) is 3.38. The van der Waals surface area contributed by atoms with E-state index in [0.29, 0.717) is 13.2 Å². The molecule has 0 amide bonds. The number of ether oxygens (including phenoxy) is 2. The lowest BCUT2D eigenvalue weighted by Crippen LogP contribution is -2.20. The van der Waals surface area contributed by atoms with Crippen LogP contribution in [0.1, 0.15) is 16.7 Å². The average molecular weight is 237 g/mol. The molecule has 1 aromatic carbocycles. The van der Waals surface area contributed by atoms with Gasteiger partial charge in [-0.05, 0) is 25.0 Å². The summed E-state index contributed by atoms with van der Waals surface area (Å²) in [6, 6.07) is 6.54. The quantitative estimate of drug-likeness (QED) is 0.702. The molecule has 0 aliphatic carbocycles. The maximum atomic E-state index is 5.38. The molecule has 0 unspecified atom stereocenters. The summed E-state index contributed by atoms with van der Waals surface area (Å²) in [7, 11) is 1.68. The maximum absolute atomic E-state index is 5.38. The molecule has 0 saturated carbocycles. The van der Waals surface area contributed by atoms with Crippen molar-refractivity contribution in [1.29, 1.82) is 0 Å². The monoisotopic (exact) mass is 237 g/mol. The van der Waals surface area contributed by atoms with Gasteiger partial charge >= 0.3 is 0 Å². The highest BCUT2D eigenvalue weighted by Crippen LogP contribution is 2.09. The molecule has 1 aromatic rings. The minimum Gasteiger partial charge on any atom is -0.382 e. The van der Waals surface area contributed by atoms with Gasteiger partial charge in [-0.2, -0.15) is 0 Å². The van der Waals surface area contributed by atoms with Gasteiger partial charge in [-0.3, -0.25) is 0 Å². The minimum atomic E-state index is 0.664. The van der Waals surface area contributed by atoms with Gasteiger partial charge in [-0.1, -0.05) is 23.8 Å². The zero-order valence-electron chi connectivity index (χ0n) is 11.1. The third kappa shape index (κ3) is 5.82. The molecule has 3 nitrogen and oxygen atoms in total. The first-order valence-corrected chi connectivity index (χ1v) is 6.07. The van der Waals surface area contributed by atoms with E-state index < -0.39 is 0 Å². The van der Waals surface area contributed by atoms with Gasteiger partial charge in [0.05, 0.1) is 19.8 Å². The van der Waals surface area contributed by atoms with Crippen LogP contribution in [0, 0.1) is 13.8 Å². The summed E-state index contributed by atoms with van der Waals surface area (Å²) in [6.45, 7) is 8.10. The van der Waals surface area contributed by atoms with E-state index in [1.807, 2.05) is 0 Å². The summed E-state index contributed by atoms with van der Waals surface area (Å²) in [5.41, 5.74) is 4.01. The predicted molar refractivity (Wildman–Crippen MR) is 70.3 cm³/mol. The molecule has 0 spiro atoms. The summed E-state index contributed by atoms with van der Waals surface area (Å²) in [6.07, 6.45) is 0. The molecule has 0 fully saturated rings. The van der Waals surface area contributed by atoms with Gasteiger partial charge in [0.15, 0.2) is 0 Å². The highest BCUT2D eigenvalue weighted by molar-refractivity contribution is 5.30. The van der Waals surface area contributed by atoms with Crippen molar-refractivity contribution in [3.8, 4) is 0 Å². The van der Waals surface area contributed by atoms with Crippen molar-refractivity contribution in [1.82, 2.24) is 5.32 Å². The largest absolute Gasteiger partial charge is 0.382 e. The van der Waals surface area contributed by atoms with Crippen LogP contribution in [0.5, 0.6) is 0 Å². The molecule has 0 aliphatic rings. The molecular weight excluding hydrogens is 214 g/mol. The van der Waals surface area contributed by atoms with Crippen LogP contribution in [0.4, 0.5) is 0 Å². The highest BCUT2D eigenvalue weighted by atomic mass is 16.5. The molecule has 0 aromatic heterocycles. The van der Waals surface area contributed by atoms with Crippen LogP contribution in [0.3, 0.4) is 0 Å². The van der Waals surface area contributed by atoms with E-state index in [1.54, 1.807) is 7.11 Å². The fourth-order valence-corrected chi connectivity index (χ4v) is 1.60. The topological polar surface area (TPSA) is 30.5 Å². The number of methoxy groups -OCH3 is 1. The maximum Gasteiger partial charge on any atom is 0.0700 e. The Morgan fingerprint density at radius 1 is 1.12 bits per heavy atom. The summed E-state index contributed by atoms with van der Waals surface area (Å²) >= 11 is 0. The molecule has 1 rings (SSSR count). The Balaban J connectivity index is 2.15. The Labute approximate surface area is 104 Å². The second-order valence-electron chi connectivity index (χ2n) is 4.21. The summed E-state index contributed by atoms with van der Waals surface area (Å²) < 4.78 is 10.3. The van der Waals surface area contributed by atoms with E-state index in [1.165, 1.54) is 16.7 Å². The van der Waals surface area contributed by atoms with Gasteiger partial charge in [0, 0.05) is 20.2 Å². The molecule has 1 N–H and O–H groups in total. The normalized spacial score (nSPS) is 10.8. The van der Waals surface area contributed by atoms with Gasteiger partial charge in [0.1, 0.15) is 0 Å². The Morgan fingerprint density at radius 2 is 1.94 bits per heavy atom. The van der Waals surface area contributed by atoms with Crippen LogP contribution >= 0.6 is 0 Å². The Hall–Kier alpha value is -0.900. The van der Waals surface area contributed by atoms with E-state index in [9.17, 15) is 0 Å². The number of hydrogen-bond donors (Lipinski definition) is 1. The molecule has 0 saturated heterocycles. The third-order valence-electron chi connectivity index (χ3n) is 2.68. The number of aryl methyl sites for hydroxylation is 2. The molecule has 17 heavy (non-hydrogen) atoms. The molecule has 0 bridgehead atoms. The van der Waals surface area contributed by atoms with Crippen LogP contribution < -0.4 is 5.32 Å². The van der Waals surface area contributed by atoms with Crippen LogP contribution in [-0.4, -0.2) is 33.5 Å². The lowest BCUT2D eigenvalue weighted by molar-refractivity contribution is 0.0719. The number of benzene rings is 1. The van der Waals surface area contributed by atoms with Crippen LogP contribution in [0.15, 0.2) is 18.2 Å². The van der Waals surface area contributed by atoms with Crippen molar-refractivity contribution in [3.05, 3.63) is 34.9 Å². The van der Waals surface area contributed by atoms with Gasteiger partial charge in [-0.25, -0.2) is 0 Å². The van der Waals surface area contributed by atoms with E-state index >= 15 is 0 Å². The average Bonchev–Trinajstić information content (AvgIpc) is 2.32. The number of nitrogens with one attached hydrogen (secondary N) is 1. The SMILES string of the molecule is COCCOCCNCc1cc(C)ccc1C. The zero-order chi connectivity index (χ0) is 12.5. The van der Waals surface area contributed by atoms with Crippen molar-refractivity contribution in [2.75, 3.05) is 33.5 Å². The third-order valence-corrected chi connectivity index (χ3v) is 2.68. The Kier molecular flexibility index (Phi) is 6.86. The van der Waals surface area contributed by atoms with Crippen molar-refractivity contribution in [2.24, 2.45) is 0 Å². The number of rotatable bonds is 8. The second-order valence-corrected chi connectivity index (χ2v) is 4.21. The highest BCUT2D eigenvalue weighted by Gasteiger charge is 1.98.